The van der Waals surface area contributed by atoms with E-state index in [1.807, 2.05) is 30.1 Å². The number of hydrogen-bond donors (Lipinski definition) is 1. The van der Waals surface area contributed by atoms with Crippen LogP contribution in [0.4, 0.5) is 5.69 Å². The van der Waals surface area contributed by atoms with E-state index in [2.05, 4.69) is 6.07 Å². The van der Waals surface area contributed by atoms with Crippen LogP contribution in [0.25, 0.3) is 0 Å². The molecule has 0 amide bonds. The van der Waals surface area contributed by atoms with Gasteiger partial charge in [-0.05, 0) is 25.0 Å². The molecule has 0 radical (unpaired) electrons. The Kier molecular flexibility index (Phi) is 5.72. The summed E-state index contributed by atoms with van der Waals surface area (Å²) in [6, 6.07) is 9.67. The Morgan fingerprint density at radius 2 is 2.06 bits per heavy atom. The Morgan fingerprint density at radius 1 is 1.33 bits per heavy atom. The van der Waals surface area contributed by atoms with E-state index in [1.54, 1.807) is 6.07 Å². The number of nitrogens with zero attached hydrogens (tertiary/aromatic N) is 2. The van der Waals surface area contributed by atoms with Gasteiger partial charge in [-0.2, -0.15) is 5.26 Å². The van der Waals surface area contributed by atoms with Crippen LogP contribution in [0, 0.1) is 11.3 Å². The number of aliphatic carboxylic acids is 1. The van der Waals surface area contributed by atoms with Gasteiger partial charge in [-0.1, -0.05) is 18.6 Å². The van der Waals surface area contributed by atoms with Crippen LogP contribution in [0.3, 0.4) is 0 Å². The molecule has 4 nitrogen and oxygen atoms in total. The Morgan fingerprint density at radius 3 is 2.72 bits per heavy atom. The molecule has 0 aliphatic carbocycles. The average Bonchev–Trinajstić information content (AvgIpc) is 2.37. The molecule has 96 valence electrons. The summed E-state index contributed by atoms with van der Waals surface area (Å²) >= 11 is 0. The number of hydrogen-bond acceptors (Lipinski definition) is 3. The smallest absolute Gasteiger partial charge is 0.303 e. The quantitative estimate of drug-likeness (QED) is 0.751. The van der Waals surface area contributed by atoms with Crippen molar-refractivity contribution < 1.29 is 9.90 Å². The van der Waals surface area contributed by atoms with Gasteiger partial charge in [-0.3, -0.25) is 4.79 Å². The van der Waals surface area contributed by atoms with Crippen LogP contribution in [-0.4, -0.2) is 24.7 Å². The molecule has 0 bridgehead atoms. The van der Waals surface area contributed by atoms with Crippen molar-refractivity contribution in [1.29, 1.82) is 5.26 Å². The zero-order valence-corrected chi connectivity index (χ0v) is 10.6. The van der Waals surface area contributed by atoms with E-state index < -0.39 is 5.97 Å². The predicted molar refractivity (Wildman–Crippen MR) is 70.5 cm³/mol. The van der Waals surface area contributed by atoms with Crippen molar-refractivity contribution >= 4 is 11.7 Å². The molecular weight excluding hydrogens is 228 g/mol. The van der Waals surface area contributed by atoms with Gasteiger partial charge in [-0.15, -0.1) is 0 Å². The van der Waals surface area contributed by atoms with Gasteiger partial charge in [0.1, 0.15) is 6.07 Å². The van der Waals surface area contributed by atoms with Gasteiger partial charge < -0.3 is 10.0 Å². The van der Waals surface area contributed by atoms with Crippen molar-refractivity contribution in [1.82, 2.24) is 0 Å². The van der Waals surface area contributed by atoms with Gasteiger partial charge in [0.2, 0.25) is 0 Å². The predicted octanol–water partition coefficient (Wildman–Crippen LogP) is 2.64. The maximum atomic E-state index is 10.4. The Bertz CT molecular complexity index is 438. The van der Waals surface area contributed by atoms with Crippen LogP contribution in [0.1, 0.15) is 31.2 Å². The highest BCUT2D eigenvalue weighted by Crippen LogP contribution is 2.18. The van der Waals surface area contributed by atoms with Crippen LogP contribution < -0.4 is 4.90 Å². The lowest BCUT2D eigenvalue weighted by molar-refractivity contribution is -0.137. The number of nitriles is 1. The van der Waals surface area contributed by atoms with Gasteiger partial charge in [0, 0.05) is 20.0 Å². The number of carbonyl (C=O) groups is 1. The molecule has 18 heavy (non-hydrogen) atoms. The van der Waals surface area contributed by atoms with Crippen LogP contribution in [0.5, 0.6) is 0 Å². The van der Waals surface area contributed by atoms with Gasteiger partial charge in [0.25, 0.3) is 0 Å². The van der Waals surface area contributed by atoms with Crippen molar-refractivity contribution in [2.75, 3.05) is 18.5 Å². The monoisotopic (exact) mass is 246 g/mol. The number of para-hydroxylation sites is 1. The molecule has 1 aromatic carbocycles. The molecule has 0 atom stereocenters. The normalized spacial score (nSPS) is 9.78. The number of unbranched alkanes of at least 4 members (excludes halogenated alkanes) is 2. The minimum atomic E-state index is -0.738. The van der Waals surface area contributed by atoms with E-state index >= 15 is 0 Å². The fourth-order valence-electron chi connectivity index (χ4n) is 1.82. The molecule has 0 unspecified atom stereocenters. The summed E-state index contributed by atoms with van der Waals surface area (Å²) in [4.78, 5) is 12.4. The van der Waals surface area contributed by atoms with Gasteiger partial charge in [0.15, 0.2) is 0 Å². The molecule has 0 aliphatic rings. The maximum absolute atomic E-state index is 10.4. The number of carboxylic acid groups (broad SMARTS) is 1. The highest BCUT2D eigenvalue weighted by Gasteiger charge is 2.05. The van der Waals surface area contributed by atoms with E-state index in [-0.39, 0.29) is 6.42 Å². The third-order valence-corrected chi connectivity index (χ3v) is 2.82. The maximum Gasteiger partial charge on any atom is 0.303 e. The molecule has 1 aromatic rings. The standard InChI is InChI=1S/C14H18N2O2/c1-16(10-6-2-3-9-14(17)18)13-8-5-4-7-12(13)11-15/h4-5,7-8H,2-3,6,9-10H2,1H3,(H,17,18). The molecule has 0 spiro atoms. The Labute approximate surface area is 107 Å². The van der Waals surface area contributed by atoms with Crippen molar-refractivity contribution in [3.8, 4) is 6.07 Å². The zero-order valence-electron chi connectivity index (χ0n) is 10.6. The van der Waals surface area contributed by atoms with Gasteiger partial charge in [0.05, 0.1) is 11.3 Å². The van der Waals surface area contributed by atoms with E-state index in [1.165, 1.54) is 0 Å². The molecule has 0 fully saturated rings. The molecule has 0 saturated heterocycles. The van der Waals surface area contributed by atoms with E-state index in [4.69, 9.17) is 10.4 Å². The minimum absolute atomic E-state index is 0.235. The second kappa shape index (κ2) is 7.33. The fourth-order valence-corrected chi connectivity index (χ4v) is 1.82. The number of rotatable bonds is 7. The molecule has 0 heterocycles. The minimum Gasteiger partial charge on any atom is -0.481 e. The third kappa shape index (κ3) is 4.46. The summed E-state index contributed by atoms with van der Waals surface area (Å²) in [5.74, 6) is -0.738. The first-order chi connectivity index (χ1) is 8.65. The number of anilines is 1. The van der Waals surface area contributed by atoms with Crippen molar-refractivity contribution in [2.24, 2.45) is 0 Å². The summed E-state index contributed by atoms with van der Waals surface area (Å²) in [6.07, 6.45) is 2.77. The van der Waals surface area contributed by atoms with E-state index in [0.717, 1.165) is 25.1 Å². The van der Waals surface area contributed by atoms with E-state index in [0.29, 0.717) is 12.0 Å². The lowest BCUT2D eigenvalue weighted by Gasteiger charge is -2.20. The summed E-state index contributed by atoms with van der Waals surface area (Å²) in [5.41, 5.74) is 1.60. The lowest BCUT2D eigenvalue weighted by atomic mass is 10.1. The first-order valence-electron chi connectivity index (χ1n) is 6.07. The molecule has 1 rings (SSSR count). The Balaban J connectivity index is 2.39. The van der Waals surface area contributed by atoms with Crippen molar-refractivity contribution in [3.63, 3.8) is 0 Å². The van der Waals surface area contributed by atoms with Crippen LogP contribution in [0.15, 0.2) is 24.3 Å². The molecule has 4 heteroatoms. The first kappa shape index (κ1) is 14.0. The van der Waals surface area contributed by atoms with Crippen molar-refractivity contribution in [3.05, 3.63) is 29.8 Å². The highest BCUT2D eigenvalue weighted by atomic mass is 16.4. The molecule has 0 aliphatic heterocycles. The summed E-state index contributed by atoms with van der Waals surface area (Å²) in [6.45, 7) is 0.832. The fraction of sp³-hybridized carbons (Fsp3) is 0.429. The third-order valence-electron chi connectivity index (χ3n) is 2.82. The largest absolute Gasteiger partial charge is 0.481 e. The lowest BCUT2D eigenvalue weighted by Crippen LogP contribution is -2.19. The molecule has 1 N–H and O–H groups in total. The highest BCUT2D eigenvalue weighted by molar-refractivity contribution is 5.66. The number of carboxylic acids is 1. The van der Waals surface area contributed by atoms with Crippen LogP contribution in [-0.2, 0) is 4.79 Å². The second-order valence-corrected chi connectivity index (χ2v) is 4.25. The molecule has 0 aromatic heterocycles. The van der Waals surface area contributed by atoms with E-state index in [9.17, 15) is 4.79 Å². The Hall–Kier alpha value is -2.02. The topological polar surface area (TPSA) is 64.3 Å². The number of benzene rings is 1. The van der Waals surface area contributed by atoms with Gasteiger partial charge in [-0.25, -0.2) is 0 Å². The van der Waals surface area contributed by atoms with Crippen molar-refractivity contribution in [2.45, 2.75) is 25.7 Å². The summed E-state index contributed by atoms with van der Waals surface area (Å²) in [7, 11) is 1.95. The molecule has 0 saturated carbocycles. The van der Waals surface area contributed by atoms with Gasteiger partial charge >= 0.3 is 5.97 Å². The summed E-state index contributed by atoms with van der Waals surface area (Å²) < 4.78 is 0. The van der Waals surface area contributed by atoms with Crippen LogP contribution in [0.2, 0.25) is 0 Å². The van der Waals surface area contributed by atoms with Crippen LogP contribution >= 0.6 is 0 Å². The average molecular weight is 246 g/mol. The first-order valence-corrected chi connectivity index (χ1v) is 6.07. The molecular formula is C14H18N2O2. The SMILES string of the molecule is CN(CCCCCC(=O)O)c1ccccc1C#N. The summed E-state index contributed by atoms with van der Waals surface area (Å²) in [5, 5.41) is 17.5. The zero-order chi connectivity index (χ0) is 13.4. The second-order valence-electron chi connectivity index (χ2n) is 4.25.